The third-order valence-electron chi connectivity index (χ3n) is 2.14. The summed E-state index contributed by atoms with van der Waals surface area (Å²) in [6.07, 6.45) is 5.16. The first-order valence-electron chi connectivity index (χ1n) is 5.76. The highest BCUT2D eigenvalue weighted by Crippen LogP contribution is 2.10. The monoisotopic (exact) mass is 286 g/mol. The molecule has 1 N–H and O–H groups in total. The minimum atomic E-state index is 0.823. The van der Waals surface area contributed by atoms with E-state index >= 15 is 0 Å². The molecule has 3 nitrogen and oxygen atoms in total. The van der Waals surface area contributed by atoms with Gasteiger partial charge in [0.05, 0.1) is 0 Å². The second-order valence-electron chi connectivity index (χ2n) is 3.61. The third-order valence-corrected chi connectivity index (χ3v) is 2.61. The number of anilines is 1. The van der Waals surface area contributed by atoms with Gasteiger partial charge in [-0.2, -0.15) is 0 Å². The Hall–Kier alpha value is -0.610. The summed E-state index contributed by atoms with van der Waals surface area (Å²) in [4.78, 5) is 4.23. The number of nitrogens with zero attached hydrogens (tertiary/aromatic N) is 1. The average Bonchev–Trinajstić information content (AvgIpc) is 2.30. The maximum Gasteiger partial charge on any atom is 0.125 e. The van der Waals surface area contributed by atoms with Crippen LogP contribution in [-0.2, 0) is 4.74 Å². The summed E-state index contributed by atoms with van der Waals surface area (Å²) in [5.41, 5.74) is 0. The van der Waals surface area contributed by atoms with Crippen molar-refractivity contribution in [2.75, 3.05) is 25.1 Å². The number of hydrogen-bond acceptors (Lipinski definition) is 3. The van der Waals surface area contributed by atoms with E-state index in [2.05, 4.69) is 33.2 Å². The molecule has 0 aromatic carbocycles. The zero-order valence-electron chi connectivity index (χ0n) is 9.71. The number of pyridine rings is 1. The fraction of sp³-hybridized carbons (Fsp3) is 0.583. The molecular formula is C12H19BrN2O. The number of hydrogen-bond donors (Lipinski definition) is 1. The van der Waals surface area contributed by atoms with Gasteiger partial charge in [0.15, 0.2) is 0 Å². The van der Waals surface area contributed by atoms with Crippen molar-refractivity contribution in [1.29, 1.82) is 0 Å². The van der Waals surface area contributed by atoms with Gasteiger partial charge in [0.1, 0.15) is 5.82 Å². The Morgan fingerprint density at radius 3 is 2.81 bits per heavy atom. The second-order valence-corrected chi connectivity index (χ2v) is 4.52. The first-order chi connectivity index (χ1) is 7.83. The van der Waals surface area contributed by atoms with E-state index in [9.17, 15) is 0 Å². The Bertz CT molecular complexity index is 277. The van der Waals surface area contributed by atoms with E-state index in [1.807, 2.05) is 12.1 Å². The molecule has 0 saturated carbocycles. The summed E-state index contributed by atoms with van der Waals surface area (Å²) >= 11 is 3.35. The Kier molecular flexibility index (Phi) is 7.17. The number of aromatic nitrogens is 1. The summed E-state index contributed by atoms with van der Waals surface area (Å²) < 4.78 is 6.46. The molecule has 0 atom stereocenters. The van der Waals surface area contributed by atoms with Crippen LogP contribution in [-0.4, -0.2) is 24.7 Å². The SMILES string of the molecule is CCCCOCCCNc1ccc(Br)cn1. The third kappa shape index (κ3) is 6.08. The Morgan fingerprint density at radius 2 is 2.12 bits per heavy atom. The van der Waals surface area contributed by atoms with E-state index in [1.165, 1.54) is 6.42 Å². The Morgan fingerprint density at radius 1 is 1.31 bits per heavy atom. The quantitative estimate of drug-likeness (QED) is 0.743. The molecule has 1 aromatic heterocycles. The van der Waals surface area contributed by atoms with Crippen molar-refractivity contribution < 1.29 is 4.74 Å². The minimum absolute atomic E-state index is 0.823. The topological polar surface area (TPSA) is 34.1 Å². The zero-order valence-corrected chi connectivity index (χ0v) is 11.3. The molecule has 0 aliphatic rings. The molecule has 4 heteroatoms. The van der Waals surface area contributed by atoms with Crippen LogP contribution in [0, 0.1) is 0 Å². The smallest absolute Gasteiger partial charge is 0.125 e. The van der Waals surface area contributed by atoms with Crippen LogP contribution in [0.5, 0.6) is 0 Å². The highest BCUT2D eigenvalue weighted by molar-refractivity contribution is 9.10. The molecule has 0 bridgehead atoms. The molecule has 0 saturated heterocycles. The van der Waals surface area contributed by atoms with Gasteiger partial charge in [-0.1, -0.05) is 13.3 Å². The van der Waals surface area contributed by atoms with E-state index in [4.69, 9.17) is 4.74 Å². The van der Waals surface area contributed by atoms with Gasteiger partial charge in [0.2, 0.25) is 0 Å². The van der Waals surface area contributed by atoms with Crippen LogP contribution in [0.15, 0.2) is 22.8 Å². The second kappa shape index (κ2) is 8.53. The fourth-order valence-corrected chi connectivity index (χ4v) is 1.45. The molecule has 0 fully saturated rings. The first-order valence-corrected chi connectivity index (χ1v) is 6.55. The van der Waals surface area contributed by atoms with Gasteiger partial charge in [-0.25, -0.2) is 4.98 Å². The minimum Gasteiger partial charge on any atom is -0.381 e. The van der Waals surface area contributed by atoms with Crippen molar-refractivity contribution in [2.24, 2.45) is 0 Å². The highest BCUT2D eigenvalue weighted by Gasteiger charge is 1.93. The largest absolute Gasteiger partial charge is 0.381 e. The zero-order chi connectivity index (χ0) is 11.6. The van der Waals surface area contributed by atoms with Crippen molar-refractivity contribution in [3.8, 4) is 0 Å². The van der Waals surface area contributed by atoms with Crippen LogP contribution in [0.1, 0.15) is 26.2 Å². The summed E-state index contributed by atoms with van der Waals surface area (Å²) in [5.74, 6) is 0.914. The molecule has 16 heavy (non-hydrogen) atoms. The lowest BCUT2D eigenvalue weighted by Gasteiger charge is -2.06. The fourth-order valence-electron chi connectivity index (χ4n) is 1.22. The maximum absolute atomic E-state index is 5.46. The molecule has 1 aromatic rings. The highest BCUT2D eigenvalue weighted by atomic mass is 79.9. The molecule has 0 amide bonds. The van der Waals surface area contributed by atoms with Gasteiger partial charge in [0, 0.05) is 30.4 Å². The number of halogens is 1. The lowest BCUT2D eigenvalue weighted by atomic mass is 10.3. The summed E-state index contributed by atoms with van der Waals surface area (Å²) in [6, 6.07) is 3.94. The van der Waals surface area contributed by atoms with Crippen molar-refractivity contribution in [3.63, 3.8) is 0 Å². The molecule has 1 heterocycles. The maximum atomic E-state index is 5.46. The number of nitrogens with one attached hydrogen (secondary N) is 1. The average molecular weight is 287 g/mol. The summed E-state index contributed by atoms with van der Waals surface area (Å²) in [6.45, 7) is 4.78. The molecular weight excluding hydrogens is 268 g/mol. The molecule has 0 spiro atoms. The first kappa shape index (κ1) is 13.5. The number of unbranched alkanes of at least 4 members (excludes halogenated alkanes) is 1. The number of rotatable bonds is 8. The molecule has 0 aliphatic heterocycles. The van der Waals surface area contributed by atoms with E-state index in [1.54, 1.807) is 6.20 Å². The van der Waals surface area contributed by atoms with Crippen LogP contribution in [0.25, 0.3) is 0 Å². The van der Waals surface area contributed by atoms with E-state index in [-0.39, 0.29) is 0 Å². The van der Waals surface area contributed by atoms with Gasteiger partial charge in [-0.15, -0.1) is 0 Å². The van der Waals surface area contributed by atoms with Gasteiger partial charge in [-0.05, 0) is 40.9 Å². The van der Waals surface area contributed by atoms with Crippen molar-refractivity contribution in [2.45, 2.75) is 26.2 Å². The molecule has 1 rings (SSSR count). The predicted molar refractivity (Wildman–Crippen MR) is 70.8 cm³/mol. The number of ether oxygens (including phenoxy) is 1. The predicted octanol–water partition coefficient (Wildman–Crippen LogP) is 3.46. The van der Waals surface area contributed by atoms with Crippen LogP contribution >= 0.6 is 15.9 Å². The molecule has 0 radical (unpaired) electrons. The lowest BCUT2D eigenvalue weighted by Crippen LogP contribution is -2.07. The van der Waals surface area contributed by atoms with E-state index < -0.39 is 0 Å². The van der Waals surface area contributed by atoms with Gasteiger partial charge < -0.3 is 10.1 Å². The molecule has 90 valence electrons. The van der Waals surface area contributed by atoms with Crippen LogP contribution < -0.4 is 5.32 Å². The van der Waals surface area contributed by atoms with Crippen LogP contribution in [0.4, 0.5) is 5.82 Å². The lowest BCUT2D eigenvalue weighted by molar-refractivity contribution is 0.131. The van der Waals surface area contributed by atoms with E-state index in [0.29, 0.717) is 0 Å². The van der Waals surface area contributed by atoms with Crippen LogP contribution in [0.2, 0.25) is 0 Å². The molecule has 0 aliphatic carbocycles. The normalized spacial score (nSPS) is 10.4. The van der Waals surface area contributed by atoms with Gasteiger partial charge in [-0.3, -0.25) is 0 Å². The summed E-state index contributed by atoms with van der Waals surface area (Å²) in [5, 5.41) is 3.25. The Balaban J connectivity index is 2.01. The molecule has 0 unspecified atom stereocenters. The standard InChI is InChI=1S/C12H19BrN2O/c1-2-3-8-16-9-4-7-14-12-6-5-11(13)10-15-12/h5-6,10H,2-4,7-9H2,1H3,(H,14,15). The van der Waals surface area contributed by atoms with Crippen molar-refractivity contribution in [1.82, 2.24) is 4.98 Å². The van der Waals surface area contributed by atoms with E-state index in [0.717, 1.165) is 42.9 Å². The van der Waals surface area contributed by atoms with Crippen LogP contribution in [0.3, 0.4) is 0 Å². The Labute approximate surface area is 106 Å². The summed E-state index contributed by atoms with van der Waals surface area (Å²) in [7, 11) is 0. The van der Waals surface area contributed by atoms with Gasteiger partial charge in [0.25, 0.3) is 0 Å². The van der Waals surface area contributed by atoms with Gasteiger partial charge >= 0.3 is 0 Å². The van der Waals surface area contributed by atoms with Crippen molar-refractivity contribution >= 4 is 21.7 Å². The van der Waals surface area contributed by atoms with Crippen molar-refractivity contribution in [3.05, 3.63) is 22.8 Å².